The largest absolute Gasteiger partial charge is 0.469 e. The van der Waals surface area contributed by atoms with Crippen molar-refractivity contribution < 1.29 is 9.53 Å². The van der Waals surface area contributed by atoms with Crippen molar-refractivity contribution in [3.63, 3.8) is 0 Å². The quantitative estimate of drug-likeness (QED) is 0.860. The van der Waals surface area contributed by atoms with E-state index in [4.69, 9.17) is 10.5 Å². The van der Waals surface area contributed by atoms with Gasteiger partial charge < -0.3 is 10.5 Å². The van der Waals surface area contributed by atoms with Crippen LogP contribution in [0.15, 0.2) is 18.2 Å². The molecule has 1 rings (SSSR count). The summed E-state index contributed by atoms with van der Waals surface area (Å²) in [6, 6.07) is 5.75. The highest BCUT2D eigenvalue weighted by Crippen LogP contribution is 2.33. The summed E-state index contributed by atoms with van der Waals surface area (Å²) in [7, 11) is 1.39. The fourth-order valence-electron chi connectivity index (χ4n) is 2.00. The van der Waals surface area contributed by atoms with Crippen molar-refractivity contribution in [3.05, 3.63) is 34.9 Å². The number of methoxy groups -OCH3 is 1. The van der Waals surface area contributed by atoms with E-state index in [9.17, 15) is 4.79 Å². The van der Waals surface area contributed by atoms with Gasteiger partial charge in [0.2, 0.25) is 0 Å². The molecule has 0 saturated carbocycles. The molecule has 18 heavy (non-hydrogen) atoms. The van der Waals surface area contributed by atoms with Crippen LogP contribution >= 0.6 is 12.4 Å². The van der Waals surface area contributed by atoms with Crippen LogP contribution in [-0.2, 0) is 9.53 Å². The molecule has 0 saturated heterocycles. The van der Waals surface area contributed by atoms with Gasteiger partial charge in [0.05, 0.1) is 12.5 Å². The van der Waals surface area contributed by atoms with Crippen LogP contribution in [0.25, 0.3) is 0 Å². The van der Waals surface area contributed by atoms with Crippen LogP contribution in [0.1, 0.15) is 36.6 Å². The van der Waals surface area contributed by atoms with Crippen LogP contribution in [0.2, 0.25) is 0 Å². The molecular formula is C14H22ClNO2. The molecule has 1 atom stereocenters. The summed E-state index contributed by atoms with van der Waals surface area (Å²) in [5, 5.41) is 0. The van der Waals surface area contributed by atoms with E-state index in [1.54, 1.807) is 13.8 Å². The van der Waals surface area contributed by atoms with Crippen molar-refractivity contribution in [2.24, 2.45) is 11.1 Å². The zero-order valence-corrected chi connectivity index (χ0v) is 12.4. The van der Waals surface area contributed by atoms with Gasteiger partial charge in [-0.2, -0.15) is 0 Å². The van der Waals surface area contributed by atoms with Crippen LogP contribution in [0.3, 0.4) is 0 Å². The number of hydrogen-bond acceptors (Lipinski definition) is 3. The molecule has 0 amide bonds. The number of hydrogen-bond donors (Lipinski definition) is 1. The Kier molecular flexibility index (Phi) is 5.84. The Hall–Kier alpha value is -1.06. The van der Waals surface area contributed by atoms with E-state index in [0.29, 0.717) is 0 Å². The van der Waals surface area contributed by atoms with Gasteiger partial charge in [-0.1, -0.05) is 29.3 Å². The summed E-state index contributed by atoms with van der Waals surface area (Å²) >= 11 is 0. The van der Waals surface area contributed by atoms with E-state index < -0.39 is 5.41 Å². The highest BCUT2D eigenvalue weighted by molar-refractivity contribution is 5.85. The van der Waals surface area contributed by atoms with Crippen molar-refractivity contribution in [3.8, 4) is 0 Å². The number of carbonyl (C=O) groups is 1. The zero-order valence-electron chi connectivity index (χ0n) is 11.6. The van der Waals surface area contributed by atoms with E-state index in [-0.39, 0.29) is 24.4 Å². The summed E-state index contributed by atoms with van der Waals surface area (Å²) in [6.45, 7) is 7.66. The van der Waals surface area contributed by atoms with E-state index >= 15 is 0 Å². The molecule has 4 heteroatoms. The lowest BCUT2D eigenvalue weighted by Gasteiger charge is -2.29. The Labute approximate surface area is 115 Å². The third kappa shape index (κ3) is 3.47. The van der Waals surface area contributed by atoms with Gasteiger partial charge in [0.15, 0.2) is 0 Å². The molecule has 1 aromatic rings. The lowest BCUT2D eigenvalue weighted by molar-refractivity contribution is -0.152. The first-order chi connectivity index (χ1) is 7.78. The molecule has 0 spiro atoms. The smallest absolute Gasteiger partial charge is 0.313 e. The zero-order chi connectivity index (χ0) is 13.2. The van der Waals surface area contributed by atoms with E-state index in [0.717, 1.165) is 16.7 Å². The van der Waals surface area contributed by atoms with Gasteiger partial charge in [-0.05, 0) is 33.3 Å². The summed E-state index contributed by atoms with van der Waals surface area (Å²) in [4.78, 5) is 11.7. The molecule has 0 unspecified atom stereocenters. The summed E-state index contributed by atoms with van der Waals surface area (Å²) < 4.78 is 4.80. The second kappa shape index (κ2) is 6.21. The molecule has 1 aromatic carbocycles. The predicted molar refractivity (Wildman–Crippen MR) is 75.9 cm³/mol. The van der Waals surface area contributed by atoms with E-state index in [1.165, 1.54) is 7.11 Å². The molecule has 0 aromatic heterocycles. The van der Waals surface area contributed by atoms with Crippen LogP contribution in [0.4, 0.5) is 0 Å². The van der Waals surface area contributed by atoms with Gasteiger partial charge in [0.1, 0.15) is 0 Å². The second-order valence-electron chi connectivity index (χ2n) is 5.11. The lowest BCUT2D eigenvalue weighted by atomic mass is 9.80. The van der Waals surface area contributed by atoms with Gasteiger partial charge >= 0.3 is 5.97 Å². The monoisotopic (exact) mass is 271 g/mol. The Morgan fingerprint density at radius 2 is 1.67 bits per heavy atom. The number of carbonyl (C=O) groups excluding carboxylic acids is 1. The normalized spacial score (nSPS) is 12.6. The average molecular weight is 272 g/mol. The average Bonchev–Trinajstić information content (AvgIpc) is 2.25. The molecule has 0 fully saturated rings. The van der Waals surface area contributed by atoms with Gasteiger partial charge in [-0.25, -0.2) is 0 Å². The van der Waals surface area contributed by atoms with Crippen molar-refractivity contribution in [1.29, 1.82) is 0 Å². The fraction of sp³-hybridized carbons (Fsp3) is 0.500. The molecule has 102 valence electrons. The van der Waals surface area contributed by atoms with Crippen LogP contribution in [0, 0.1) is 19.3 Å². The van der Waals surface area contributed by atoms with Crippen LogP contribution < -0.4 is 5.73 Å². The van der Waals surface area contributed by atoms with Crippen LogP contribution in [0.5, 0.6) is 0 Å². The number of esters is 1. The van der Waals surface area contributed by atoms with Crippen molar-refractivity contribution >= 4 is 18.4 Å². The first kappa shape index (κ1) is 16.9. The lowest BCUT2D eigenvalue weighted by Crippen LogP contribution is -2.37. The fourth-order valence-corrected chi connectivity index (χ4v) is 2.00. The minimum atomic E-state index is -0.727. The maximum absolute atomic E-state index is 11.7. The summed E-state index contributed by atoms with van der Waals surface area (Å²) in [5.74, 6) is -0.288. The van der Waals surface area contributed by atoms with Gasteiger partial charge in [-0.15, -0.1) is 12.4 Å². The number of aryl methyl sites for hydroxylation is 2. The number of nitrogens with two attached hydrogens (primary N) is 1. The topological polar surface area (TPSA) is 52.3 Å². The predicted octanol–water partition coefficient (Wildman–Crippen LogP) is 2.92. The molecule has 3 nitrogen and oxygen atoms in total. The van der Waals surface area contributed by atoms with Gasteiger partial charge in [-0.3, -0.25) is 4.79 Å². The first-order valence-electron chi connectivity index (χ1n) is 5.71. The number of benzene rings is 1. The molecule has 0 aliphatic rings. The molecule has 0 bridgehead atoms. The van der Waals surface area contributed by atoms with Crippen LogP contribution in [-0.4, -0.2) is 13.1 Å². The second-order valence-corrected chi connectivity index (χ2v) is 5.11. The molecule has 0 aliphatic heterocycles. The molecule has 0 radical (unpaired) electrons. The molecular weight excluding hydrogens is 250 g/mol. The van der Waals surface area contributed by atoms with E-state index in [2.05, 4.69) is 6.07 Å². The highest BCUT2D eigenvalue weighted by Gasteiger charge is 2.36. The van der Waals surface area contributed by atoms with E-state index in [1.807, 2.05) is 26.0 Å². The summed E-state index contributed by atoms with van der Waals surface area (Å²) in [5.41, 5.74) is 8.73. The number of ether oxygens (including phenoxy) is 1. The Balaban J connectivity index is 0.00000289. The first-order valence-corrected chi connectivity index (χ1v) is 5.71. The Bertz CT molecular complexity index is 410. The third-order valence-corrected chi connectivity index (χ3v) is 3.09. The molecule has 0 aliphatic carbocycles. The maximum atomic E-state index is 11.7. The third-order valence-electron chi connectivity index (χ3n) is 3.09. The summed E-state index contributed by atoms with van der Waals surface area (Å²) in [6.07, 6.45) is 0. The number of halogens is 1. The number of rotatable bonds is 3. The minimum Gasteiger partial charge on any atom is -0.469 e. The van der Waals surface area contributed by atoms with Gasteiger partial charge in [0, 0.05) is 6.04 Å². The van der Waals surface area contributed by atoms with Gasteiger partial charge in [0.25, 0.3) is 0 Å². The highest BCUT2D eigenvalue weighted by atomic mass is 35.5. The van der Waals surface area contributed by atoms with Crippen molar-refractivity contribution in [2.75, 3.05) is 7.11 Å². The van der Waals surface area contributed by atoms with Crippen molar-refractivity contribution in [1.82, 2.24) is 0 Å². The Morgan fingerprint density at radius 3 is 2.06 bits per heavy atom. The van der Waals surface area contributed by atoms with Crippen molar-refractivity contribution in [2.45, 2.75) is 33.7 Å². The minimum absolute atomic E-state index is 0. The Morgan fingerprint density at radius 1 is 1.22 bits per heavy atom. The standard InChI is InChI=1S/C14H21NO2.ClH/c1-9-6-10(2)8-11(7-9)12(15)14(3,4)13(16)17-5;/h6-8,12H,15H2,1-5H3;1H/t12-;/m1./s1. The molecule has 2 N–H and O–H groups in total. The SMILES string of the molecule is COC(=O)C(C)(C)[C@H](N)c1cc(C)cc(C)c1.Cl. The molecule has 0 heterocycles. The maximum Gasteiger partial charge on any atom is 0.313 e.